The van der Waals surface area contributed by atoms with E-state index >= 15 is 0 Å². The molecule has 5 heterocycles. The SMILES string of the molecule is c1ccc2c(c1)Oc1cc3c4ccccc4n(-c4ccc(-c5cc(-c6ccc7c(c6)c6cc8c(cc6n7-c6ccc(-n7c9ccccc9c9ccccc97)cc6)C6(c7ccccc7O8)c7ccccc7-c7ccccc76)c6ccccc6c5)cc4)c3cc1C21c2ccccc2-c2ccccc21. The second kappa shape index (κ2) is 20.2. The summed E-state index contributed by atoms with van der Waals surface area (Å²) in [5.41, 5.74) is 28.2. The van der Waals surface area contributed by atoms with Crippen molar-refractivity contribution >= 4 is 76.2 Å². The summed E-state index contributed by atoms with van der Waals surface area (Å²) in [4.78, 5) is 0. The van der Waals surface area contributed by atoms with Crippen molar-refractivity contribution in [2.45, 2.75) is 10.8 Å². The minimum absolute atomic E-state index is 0.589. The maximum atomic E-state index is 7.26. The van der Waals surface area contributed by atoms with Crippen molar-refractivity contribution < 1.29 is 9.47 Å². The summed E-state index contributed by atoms with van der Waals surface area (Å²) in [6.45, 7) is 0. The van der Waals surface area contributed by atoms with Gasteiger partial charge < -0.3 is 23.2 Å². The van der Waals surface area contributed by atoms with Crippen molar-refractivity contribution in [2.75, 3.05) is 0 Å². The van der Waals surface area contributed by atoms with Crippen LogP contribution in [0.5, 0.6) is 23.0 Å². The molecule has 0 unspecified atom stereocenters. The molecular formula is C96H57N3O2. The molecule has 19 aromatic rings. The Morgan fingerprint density at radius 3 is 1.02 bits per heavy atom. The number of ether oxygens (including phenoxy) is 2. The maximum absolute atomic E-state index is 7.26. The molecular weight excluding hydrogens is 1230 g/mol. The summed E-state index contributed by atoms with van der Waals surface area (Å²) in [7, 11) is 0. The average Bonchev–Trinajstić information content (AvgIpc) is 1.56. The lowest BCUT2D eigenvalue weighted by Crippen LogP contribution is -2.32. The summed E-state index contributed by atoms with van der Waals surface area (Å²) in [5, 5.41) is 9.45. The number of aromatic nitrogens is 3. The molecule has 23 rings (SSSR count). The molecule has 5 heteroatoms. The number of hydrogen-bond donors (Lipinski definition) is 0. The molecule has 468 valence electrons. The predicted octanol–water partition coefficient (Wildman–Crippen LogP) is 24.4. The number of benzene rings is 16. The average molecular weight is 1280 g/mol. The first-order valence-corrected chi connectivity index (χ1v) is 34.9. The van der Waals surface area contributed by atoms with Crippen LogP contribution in [0.4, 0.5) is 0 Å². The van der Waals surface area contributed by atoms with Crippen LogP contribution in [-0.2, 0) is 10.8 Å². The maximum Gasteiger partial charge on any atom is 0.133 e. The van der Waals surface area contributed by atoms with Crippen molar-refractivity contribution in [3.05, 3.63) is 390 Å². The summed E-state index contributed by atoms with van der Waals surface area (Å²) in [6, 6.07) is 128. The van der Waals surface area contributed by atoms with E-state index in [1.807, 2.05) is 0 Å². The van der Waals surface area contributed by atoms with E-state index < -0.39 is 10.8 Å². The Morgan fingerprint density at radius 2 is 0.535 bits per heavy atom. The fraction of sp³-hybridized carbons (Fsp3) is 0.0208. The normalized spacial score (nSPS) is 13.9. The lowest BCUT2D eigenvalue weighted by Gasteiger charge is -2.39. The first kappa shape index (κ1) is 54.9. The van der Waals surface area contributed by atoms with Crippen LogP contribution in [0.25, 0.3) is 138 Å². The molecule has 0 fully saturated rings. The van der Waals surface area contributed by atoms with Crippen molar-refractivity contribution in [1.29, 1.82) is 0 Å². The lowest BCUT2D eigenvalue weighted by molar-refractivity contribution is 0.437. The molecule has 2 spiro atoms. The van der Waals surface area contributed by atoms with Crippen LogP contribution in [0.3, 0.4) is 0 Å². The van der Waals surface area contributed by atoms with Gasteiger partial charge in [-0.1, -0.05) is 231 Å². The van der Waals surface area contributed by atoms with Gasteiger partial charge in [-0.2, -0.15) is 0 Å². The topological polar surface area (TPSA) is 33.2 Å². The van der Waals surface area contributed by atoms with Crippen molar-refractivity contribution in [2.24, 2.45) is 0 Å². The standard InChI is InChI=1S/C96H57N3O2/c1-2-22-65-59(21-1)51-61(58-41-44-62(45-42-58)98-87-38-18-9-29-72(87)75-54-93-83(56-89(75)98)95(81-34-14-19-39-91(81)100-93)77-30-10-3-23-66(77)67-24-4-11-31-78(67)95)53-73(65)60-43-50-88-74(52-60)76-55-94-84(96(82-35-15-20-40-92(82)101-94)79-32-12-5-25-68(79)69-26-6-13-33-80(69)96)57-90(76)99(88)64-48-46-63(47-49-64)97-85-36-16-7-27-70(85)71-28-8-17-37-86(71)97/h1-57H. The molecule has 5 nitrogen and oxygen atoms in total. The van der Waals surface area contributed by atoms with Gasteiger partial charge in [-0.25, -0.2) is 0 Å². The fourth-order valence-corrected chi connectivity index (χ4v) is 18.9. The smallest absolute Gasteiger partial charge is 0.133 e. The molecule has 0 atom stereocenters. The number of nitrogens with zero attached hydrogens (tertiary/aromatic N) is 3. The summed E-state index contributed by atoms with van der Waals surface area (Å²) >= 11 is 0. The zero-order valence-electron chi connectivity index (χ0n) is 54.6. The van der Waals surface area contributed by atoms with Crippen molar-refractivity contribution in [1.82, 2.24) is 13.7 Å². The third kappa shape index (κ3) is 7.23. The van der Waals surface area contributed by atoms with Gasteiger partial charge in [0.05, 0.1) is 43.9 Å². The van der Waals surface area contributed by atoms with Crippen LogP contribution in [0.15, 0.2) is 346 Å². The molecule has 0 saturated heterocycles. The number of fused-ring (bicyclic) bond motifs is 28. The van der Waals surface area contributed by atoms with Gasteiger partial charge in [0.25, 0.3) is 0 Å². The Balaban J connectivity index is 0.698. The van der Waals surface area contributed by atoms with Crippen LogP contribution in [-0.4, -0.2) is 13.7 Å². The summed E-state index contributed by atoms with van der Waals surface area (Å²) < 4.78 is 21.7. The zero-order valence-corrected chi connectivity index (χ0v) is 54.6. The molecule has 0 radical (unpaired) electrons. The highest BCUT2D eigenvalue weighted by Gasteiger charge is 2.53. The molecule has 101 heavy (non-hydrogen) atoms. The van der Waals surface area contributed by atoms with Crippen LogP contribution >= 0.6 is 0 Å². The Hall–Kier alpha value is -13.2. The van der Waals surface area contributed by atoms with Crippen LogP contribution in [0.2, 0.25) is 0 Å². The van der Waals surface area contributed by atoms with Gasteiger partial charge in [0.1, 0.15) is 23.0 Å². The highest BCUT2D eigenvalue weighted by molar-refractivity contribution is 6.15. The largest absolute Gasteiger partial charge is 0.457 e. The predicted molar refractivity (Wildman–Crippen MR) is 413 cm³/mol. The summed E-state index contributed by atoms with van der Waals surface area (Å²) in [6.07, 6.45) is 0. The van der Waals surface area contributed by atoms with Gasteiger partial charge in [-0.05, 0) is 193 Å². The molecule has 2 aliphatic heterocycles. The van der Waals surface area contributed by atoms with E-state index in [1.165, 1.54) is 88.0 Å². The van der Waals surface area contributed by atoms with Crippen molar-refractivity contribution in [3.63, 3.8) is 0 Å². The van der Waals surface area contributed by atoms with E-state index in [0.717, 1.165) is 117 Å². The van der Waals surface area contributed by atoms with Gasteiger partial charge in [0, 0.05) is 71.6 Å². The highest BCUT2D eigenvalue weighted by Crippen LogP contribution is 2.65. The van der Waals surface area contributed by atoms with Crippen LogP contribution in [0.1, 0.15) is 44.5 Å². The molecule has 0 amide bonds. The van der Waals surface area contributed by atoms with Crippen LogP contribution < -0.4 is 9.47 Å². The molecule has 4 aliphatic rings. The Kier molecular flexibility index (Phi) is 11.0. The van der Waals surface area contributed by atoms with Gasteiger partial charge in [0.2, 0.25) is 0 Å². The molecule has 0 N–H and O–H groups in total. The number of rotatable bonds is 5. The third-order valence-corrected chi connectivity index (χ3v) is 23.0. The van der Waals surface area contributed by atoms with E-state index in [9.17, 15) is 0 Å². The second-order valence-corrected chi connectivity index (χ2v) is 27.7. The Morgan fingerprint density at radius 1 is 0.188 bits per heavy atom. The minimum atomic E-state index is -0.638. The van der Waals surface area contributed by atoms with E-state index in [-0.39, 0.29) is 0 Å². The molecule has 2 aliphatic carbocycles. The first-order chi connectivity index (χ1) is 50.1. The Bertz CT molecular complexity index is 6690. The van der Waals surface area contributed by atoms with Gasteiger partial charge in [-0.3, -0.25) is 0 Å². The third-order valence-electron chi connectivity index (χ3n) is 23.0. The molecule has 0 bridgehead atoms. The van der Waals surface area contributed by atoms with E-state index in [4.69, 9.17) is 9.47 Å². The molecule has 16 aromatic carbocycles. The van der Waals surface area contributed by atoms with E-state index in [2.05, 4.69) is 359 Å². The van der Waals surface area contributed by atoms with Gasteiger partial charge >= 0.3 is 0 Å². The summed E-state index contributed by atoms with van der Waals surface area (Å²) in [5.74, 6) is 3.51. The molecule has 0 saturated carbocycles. The quantitative estimate of drug-likeness (QED) is 0.172. The van der Waals surface area contributed by atoms with Crippen molar-refractivity contribution in [3.8, 4) is 84.6 Å². The Labute approximate surface area is 581 Å². The number of hydrogen-bond acceptors (Lipinski definition) is 2. The molecule has 3 aromatic heterocycles. The second-order valence-electron chi connectivity index (χ2n) is 27.7. The monoisotopic (exact) mass is 1280 g/mol. The number of para-hydroxylation sites is 5. The van der Waals surface area contributed by atoms with Crippen LogP contribution in [0, 0.1) is 0 Å². The van der Waals surface area contributed by atoms with E-state index in [1.54, 1.807) is 0 Å². The van der Waals surface area contributed by atoms with Gasteiger partial charge in [-0.15, -0.1) is 0 Å². The minimum Gasteiger partial charge on any atom is -0.457 e. The van der Waals surface area contributed by atoms with Gasteiger partial charge in [0.15, 0.2) is 0 Å². The highest BCUT2D eigenvalue weighted by atomic mass is 16.5. The lowest BCUT2D eigenvalue weighted by atomic mass is 9.66. The van der Waals surface area contributed by atoms with E-state index in [0.29, 0.717) is 0 Å². The fourth-order valence-electron chi connectivity index (χ4n) is 18.9. The zero-order chi connectivity index (χ0) is 65.8. The first-order valence-electron chi connectivity index (χ1n) is 34.9.